The second-order valence-electron chi connectivity index (χ2n) is 4.30. The molecule has 0 heterocycles. The second-order valence-corrected chi connectivity index (χ2v) is 4.30. The van der Waals surface area contributed by atoms with E-state index in [2.05, 4.69) is 10.6 Å². The summed E-state index contributed by atoms with van der Waals surface area (Å²) < 4.78 is 10.7. The fourth-order valence-electron chi connectivity index (χ4n) is 1.60. The van der Waals surface area contributed by atoms with E-state index >= 15 is 0 Å². The van der Waals surface area contributed by atoms with Crippen molar-refractivity contribution in [2.24, 2.45) is 5.73 Å². The number of imide groups is 1. The first-order valence-electron chi connectivity index (χ1n) is 6.64. The smallest absolute Gasteiger partial charge is 0.321 e. The topological polar surface area (TPSA) is 103 Å². The number of methoxy groups -OCH3 is 1. The molecule has 0 bridgehead atoms. The minimum Gasteiger partial charge on any atom is -0.493 e. The van der Waals surface area contributed by atoms with Crippen molar-refractivity contribution in [3.8, 4) is 11.5 Å². The number of nitrogens with two attached hydrogens (primary N) is 1. The lowest BCUT2D eigenvalue weighted by atomic mass is 10.2. The lowest BCUT2D eigenvalue weighted by Crippen LogP contribution is -2.45. The zero-order valence-electron chi connectivity index (χ0n) is 12.4. The molecule has 1 atom stereocenters. The summed E-state index contributed by atoms with van der Waals surface area (Å²) in [6, 6.07) is 4.65. The molecular weight excluding hydrogens is 274 g/mol. The lowest BCUT2D eigenvalue weighted by Gasteiger charge is -2.17. The third-order valence-electron chi connectivity index (χ3n) is 2.71. The van der Waals surface area contributed by atoms with Gasteiger partial charge in [-0.25, -0.2) is 4.79 Å². The van der Waals surface area contributed by atoms with Gasteiger partial charge in [0.1, 0.15) is 0 Å². The summed E-state index contributed by atoms with van der Waals surface area (Å²) in [7, 11) is 1.50. The summed E-state index contributed by atoms with van der Waals surface area (Å²) >= 11 is 0. The van der Waals surface area contributed by atoms with Crippen molar-refractivity contribution in [2.45, 2.75) is 26.5 Å². The van der Waals surface area contributed by atoms with Crippen LogP contribution in [0, 0.1) is 0 Å². The Morgan fingerprint density at radius 2 is 2.05 bits per heavy atom. The van der Waals surface area contributed by atoms with Crippen molar-refractivity contribution in [2.75, 3.05) is 13.7 Å². The number of amides is 3. The largest absolute Gasteiger partial charge is 0.493 e. The number of carbonyl (C=O) groups is 2. The van der Waals surface area contributed by atoms with Crippen LogP contribution in [0.1, 0.15) is 19.4 Å². The predicted octanol–water partition coefficient (Wildman–Crippen LogP) is 0.767. The van der Waals surface area contributed by atoms with E-state index in [1.807, 2.05) is 0 Å². The van der Waals surface area contributed by atoms with Crippen molar-refractivity contribution in [3.63, 3.8) is 0 Å². The molecule has 7 nitrogen and oxygen atoms in total. The Hall–Kier alpha value is -2.28. The monoisotopic (exact) mass is 295 g/mol. The van der Waals surface area contributed by atoms with Crippen LogP contribution in [-0.4, -0.2) is 31.7 Å². The van der Waals surface area contributed by atoms with Gasteiger partial charge in [-0.2, -0.15) is 0 Å². The first-order valence-corrected chi connectivity index (χ1v) is 6.64. The van der Waals surface area contributed by atoms with Crippen LogP contribution in [0.25, 0.3) is 0 Å². The number of carbonyl (C=O) groups excluding carboxylic acids is 2. The third-order valence-corrected chi connectivity index (χ3v) is 2.71. The Bertz CT molecular complexity index is 505. The van der Waals surface area contributed by atoms with Crippen molar-refractivity contribution < 1.29 is 19.1 Å². The van der Waals surface area contributed by atoms with Crippen LogP contribution in [0.2, 0.25) is 0 Å². The van der Waals surface area contributed by atoms with Crippen molar-refractivity contribution in [1.29, 1.82) is 0 Å². The number of urea groups is 1. The highest BCUT2D eigenvalue weighted by Crippen LogP contribution is 2.28. The Kier molecular flexibility index (Phi) is 6.48. The van der Waals surface area contributed by atoms with Crippen molar-refractivity contribution in [1.82, 2.24) is 10.6 Å². The van der Waals surface area contributed by atoms with Crippen LogP contribution in [0.5, 0.6) is 11.5 Å². The molecule has 0 aliphatic heterocycles. The third kappa shape index (κ3) is 4.96. The minimum atomic E-state index is -0.842. The molecule has 1 unspecified atom stereocenters. The molecule has 0 aliphatic carbocycles. The fourth-order valence-corrected chi connectivity index (χ4v) is 1.60. The quantitative estimate of drug-likeness (QED) is 0.719. The van der Waals surface area contributed by atoms with Gasteiger partial charge in [0.15, 0.2) is 17.6 Å². The van der Waals surface area contributed by atoms with E-state index in [0.29, 0.717) is 24.6 Å². The normalized spacial score (nSPS) is 11.4. The van der Waals surface area contributed by atoms with E-state index in [0.717, 1.165) is 5.56 Å². The first-order chi connectivity index (χ1) is 10.0. The maximum absolute atomic E-state index is 11.8. The number of rotatable bonds is 6. The molecule has 0 fully saturated rings. The molecule has 7 heteroatoms. The van der Waals surface area contributed by atoms with Crippen LogP contribution in [-0.2, 0) is 11.3 Å². The molecule has 3 amide bonds. The fraction of sp³-hybridized carbons (Fsp3) is 0.429. The van der Waals surface area contributed by atoms with E-state index in [4.69, 9.17) is 15.2 Å². The summed E-state index contributed by atoms with van der Waals surface area (Å²) in [6.45, 7) is 4.12. The Morgan fingerprint density at radius 3 is 2.62 bits per heavy atom. The van der Waals surface area contributed by atoms with E-state index in [9.17, 15) is 9.59 Å². The van der Waals surface area contributed by atoms with Gasteiger partial charge in [-0.3, -0.25) is 10.1 Å². The molecule has 116 valence electrons. The molecule has 0 aromatic heterocycles. The molecule has 1 aromatic rings. The van der Waals surface area contributed by atoms with Gasteiger partial charge in [0, 0.05) is 13.1 Å². The van der Waals surface area contributed by atoms with E-state index in [-0.39, 0.29) is 0 Å². The van der Waals surface area contributed by atoms with E-state index in [1.54, 1.807) is 32.0 Å². The number of benzene rings is 1. The highest BCUT2D eigenvalue weighted by molar-refractivity contribution is 5.96. The number of hydrogen-bond donors (Lipinski definition) is 3. The molecule has 0 saturated carbocycles. The highest BCUT2D eigenvalue weighted by Gasteiger charge is 2.19. The van der Waals surface area contributed by atoms with Gasteiger partial charge < -0.3 is 20.5 Å². The van der Waals surface area contributed by atoms with Gasteiger partial charge in [-0.05, 0) is 31.5 Å². The van der Waals surface area contributed by atoms with E-state index < -0.39 is 18.0 Å². The van der Waals surface area contributed by atoms with Crippen LogP contribution in [0.3, 0.4) is 0 Å². The maximum Gasteiger partial charge on any atom is 0.321 e. The molecule has 1 rings (SSSR count). The summed E-state index contributed by atoms with van der Waals surface area (Å²) in [4.78, 5) is 23.1. The van der Waals surface area contributed by atoms with Crippen LogP contribution < -0.4 is 25.8 Å². The molecule has 0 spiro atoms. The average molecular weight is 295 g/mol. The van der Waals surface area contributed by atoms with Gasteiger partial charge in [0.05, 0.1) is 7.11 Å². The first kappa shape index (κ1) is 16.8. The molecule has 0 saturated heterocycles. The average Bonchev–Trinajstić information content (AvgIpc) is 2.47. The minimum absolute atomic E-state index is 0.379. The van der Waals surface area contributed by atoms with Crippen LogP contribution in [0.15, 0.2) is 18.2 Å². The number of nitrogens with one attached hydrogen (secondary N) is 2. The highest BCUT2D eigenvalue weighted by atomic mass is 16.5. The van der Waals surface area contributed by atoms with Gasteiger partial charge in [0.25, 0.3) is 5.91 Å². The van der Waals surface area contributed by atoms with Gasteiger partial charge in [-0.1, -0.05) is 6.07 Å². The standard InChI is InChI=1S/C14H21N3O4/c1-4-16-14(19)17-13(18)9(2)21-11-6-5-10(8-15)7-12(11)20-3/h5-7,9H,4,8,15H2,1-3H3,(H2,16,17,18,19). The van der Waals surface area contributed by atoms with Crippen LogP contribution >= 0.6 is 0 Å². The zero-order chi connectivity index (χ0) is 15.8. The molecule has 0 radical (unpaired) electrons. The molecule has 1 aromatic carbocycles. The summed E-state index contributed by atoms with van der Waals surface area (Å²) in [5.41, 5.74) is 6.44. The molecular formula is C14H21N3O4. The Labute approximate surface area is 123 Å². The SMILES string of the molecule is CCNC(=O)NC(=O)C(C)Oc1ccc(CN)cc1OC. The van der Waals surface area contributed by atoms with Crippen LogP contribution in [0.4, 0.5) is 4.79 Å². The second kappa shape index (κ2) is 8.11. The molecule has 0 aliphatic rings. The Balaban J connectivity index is 2.71. The number of hydrogen-bond acceptors (Lipinski definition) is 5. The summed E-state index contributed by atoms with van der Waals surface area (Å²) in [6.07, 6.45) is -0.842. The molecule has 4 N–H and O–H groups in total. The predicted molar refractivity (Wildman–Crippen MR) is 78.2 cm³/mol. The summed E-state index contributed by atoms with van der Waals surface area (Å²) in [5.74, 6) is 0.356. The van der Waals surface area contributed by atoms with Gasteiger partial charge >= 0.3 is 6.03 Å². The van der Waals surface area contributed by atoms with Crippen molar-refractivity contribution in [3.05, 3.63) is 23.8 Å². The summed E-state index contributed by atoms with van der Waals surface area (Å²) in [5, 5.41) is 4.65. The van der Waals surface area contributed by atoms with E-state index in [1.165, 1.54) is 7.11 Å². The van der Waals surface area contributed by atoms with Crippen molar-refractivity contribution >= 4 is 11.9 Å². The zero-order valence-corrected chi connectivity index (χ0v) is 12.4. The number of ether oxygens (including phenoxy) is 2. The maximum atomic E-state index is 11.8. The lowest BCUT2D eigenvalue weighted by molar-refractivity contribution is -0.126. The van der Waals surface area contributed by atoms with Gasteiger partial charge in [0.2, 0.25) is 0 Å². The van der Waals surface area contributed by atoms with Gasteiger partial charge in [-0.15, -0.1) is 0 Å². The molecule has 21 heavy (non-hydrogen) atoms. The Morgan fingerprint density at radius 1 is 1.33 bits per heavy atom.